The lowest BCUT2D eigenvalue weighted by molar-refractivity contribution is -0.122. The average molecular weight is 474 g/mol. The van der Waals surface area contributed by atoms with E-state index < -0.39 is 0 Å². The van der Waals surface area contributed by atoms with Crippen LogP contribution in [-0.2, 0) is 4.79 Å². The van der Waals surface area contributed by atoms with Gasteiger partial charge in [0.2, 0.25) is 0 Å². The standard InChI is InChI=1S/C21H20BrN3OS2/c1-3-4-12-25-19(26)18(20-24(2)16-10-5-6-11-17(16)27-20)28-21(25)23-15-9-7-8-14(22)13-15/h5-11,13H,3-4,12H2,1-2H3. The highest BCUT2D eigenvalue weighted by molar-refractivity contribution is 9.10. The number of halogens is 1. The molecule has 0 saturated carbocycles. The van der Waals surface area contributed by atoms with Crippen LogP contribution in [0.2, 0.25) is 0 Å². The van der Waals surface area contributed by atoms with E-state index in [1.165, 1.54) is 16.7 Å². The number of unbranched alkanes of at least 4 members (excludes halogenated alkanes) is 1. The highest BCUT2D eigenvalue weighted by Gasteiger charge is 2.38. The molecular weight excluding hydrogens is 454 g/mol. The number of thioether (sulfide) groups is 2. The molecule has 1 amide bonds. The molecule has 2 aliphatic heterocycles. The third-order valence-corrected chi connectivity index (χ3v) is 7.49. The molecular formula is C21H20BrN3OS2. The van der Waals surface area contributed by atoms with E-state index in [4.69, 9.17) is 4.99 Å². The lowest BCUT2D eigenvalue weighted by Crippen LogP contribution is -2.30. The molecule has 2 aromatic carbocycles. The van der Waals surface area contributed by atoms with Gasteiger partial charge >= 0.3 is 0 Å². The van der Waals surface area contributed by atoms with Crippen LogP contribution in [0.4, 0.5) is 11.4 Å². The second-order valence-corrected chi connectivity index (χ2v) is 9.47. The van der Waals surface area contributed by atoms with Crippen molar-refractivity contribution in [3.05, 3.63) is 62.9 Å². The molecule has 4 rings (SSSR count). The number of hydrogen-bond donors (Lipinski definition) is 0. The van der Waals surface area contributed by atoms with E-state index in [2.05, 4.69) is 39.9 Å². The number of carbonyl (C=O) groups excluding carboxylic acids is 1. The molecule has 1 saturated heterocycles. The summed E-state index contributed by atoms with van der Waals surface area (Å²) in [7, 11) is 2.02. The predicted molar refractivity (Wildman–Crippen MR) is 123 cm³/mol. The zero-order chi connectivity index (χ0) is 19.7. The van der Waals surface area contributed by atoms with Gasteiger partial charge in [-0.3, -0.25) is 9.69 Å². The van der Waals surface area contributed by atoms with Crippen molar-refractivity contribution in [2.24, 2.45) is 4.99 Å². The van der Waals surface area contributed by atoms with Crippen molar-refractivity contribution in [3.8, 4) is 0 Å². The molecule has 0 N–H and O–H groups in total. The SMILES string of the molecule is CCCCN1C(=O)C(=C2Sc3ccccc3N2C)SC1=Nc1cccc(Br)c1. The maximum atomic E-state index is 13.3. The minimum Gasteiger partial charge on any atom is -0.337 e. The van der Waals surface area contributed by atoms with Gasteiger partial charge in [0, 0.05) is 23.0 Å². The van der Waals surface area contributed by atoms with Crippen LogP contribution in [0.1, 0.15) is 19.8 Å². The van der Waals surface area contributed by atoms with E-state index in [0.717, 1.165) is 43.8 Å². The van der Waals surface area contributed by atoms with Gasteiger partial charge in [-0.05, 0) is 48.5 Å². The second kappa shape index (κ2) is 8.35. The Kier molecular flexibility index (Phi) is 5.85. The van der Waals surface area contributed by atoms with Crippen molar-refractivity contribution in [2.45, 2.75) is 24.7 Å². The third kappa shape index (κ3) is 3.75. The summed E-state index contributed by atoms with van der Waals surface area (Å²) in [5, 5.41) is 1.74. The number of anilines is 1. The number of amides is 1. The van der Waals surface area contributed by atoms with Crippen LogP contribution in [0, 0.1) is 0 Å². The van der Waals surface area contributed by atoms with Gasteiger partial charge < -0.3 is 4.90 Å². The normalized spacial score (nSPS) is 20.4. The van der Waals surface area contributed by atoms with Crippen molar-refractivity contribution in [2.75, 3.05) is 18.5 Å². The van der Waals surface area contributed by atoms with Gasteiger partial charge in [-0.2, -0.15) is 0 Å². The quantitative estimate of drug-likeness (QED) is 0.493. The minimum atomic E-state index is 0.0503. The highest BCUT2D eigenvalue weighted by atomic mass is 79.9. The van der Waals surface area contributed by atoms with Crippen molar-refractivity contribution >= 4 is 61.9 Å². The number of benzene rings is 2. The summed E-state index contributed by atoms with van der Waals surface area (Å²) in [6.45, 7) is 2.82. The van der Waals surface area contributed by atoms with Crippen molar-refractivity contribution in [1.29, 1.82) is 0 Å². The molecule has 0 unspecified atom stereocenters. The Hall–Kier alpha value is -1.70. The minimum absolute atomic E-state index is 0.0503. The highest BCUT2D eigenvalue weighted by Crippen LogP contribution is 2.50. The maximum Gasteiger partial charge on any atom is 0.269 e. The zero-order valence-electron chi connectivity index (χ0n) is 15.7. The summed E-state index contributed by atoms with van der Waals surface area (Å²) in [4.78, 5) is 23.9. The van der Waals surface area contributed by atoms with Gasteiger partial charge in [-0.15, -0.1) is 0 Å². The topological polar surface area (TPSA) is 35.9 Å². The largest absolute Gasteiger partial charge is 0.337 e. The smallest absolute Gasteiger partial charge is 0.269 e. The Bertz CT molecular complexity index is 989. The molecule has 0 spiro atoms. The van der Waals surface area contributed by atoms with E-state index in [9.17, 15) is 4.79 Å². The molecule has 7 heteroatoms. The number of nitrogens with zero attached hydrogens (tertiary/aromatic N) is 3. The molecule has 28 heavy (non-hydrogen) atoms. The third-order valence-electron chi connectivity index (χ3n) is 4.56. The van der Waals surface area contributed by atoms with Gasteiger partial charge in [0.1, 0.15) is 4.91 Å². The lowest BCUT2D eigenvalue weighted by Gasteiger charge is -2.16. The first kappa shape index (κ1) is 19.6. The maximum absolute atomic E-state index is 13.3. The Balaban J connectivity index is 1.72. The Morgan fingerprint density at radius 2 is 1.93 bits per heavy atom. The van der Waals surface area contributed by atoms with Crippen molar-refractivity contribution in [3.63, 3.8) is 0 Å². The molecule has 2 aliphatic rings. The molecule has 0 aromatic heterocycles. The van der Waals surface area contributed by atoms with Crippen LogP contribution in [0.5, 0.6) is 0 Å². The fraction of sp³-hybridized carbons (Fsp3) is 0.238. The predicted octanol–water partition coefficient (Wildman–Crippen LogP) is 6.22. The molecule has 1 fully saturated rings. The number of para-hydroxylation sites is 1. The number of hydrogen-bond acceptors (Lipinski definition) is 5. The second-order valence-electron chi connectivity index (χ2n) is 6.55. The fourth-order valence-electron chi connectivity index (χ4n) is 3.09. The van der Waals surface area contributed by atoms with Crippen molar-refractivity contribution < 1.29 is 4.79 Å². The van der Waals surface area contributed by atoms with E-state index >= 15 is 0 Å². The van der Waals surface area contributed by atoms with E-state index in [-0.39, 0.29) is 5.91 Å². The fourth-order valence-corrected chi connectivity index (χ4v) is 5.85. The van der Waals surface area contributed by atoms with Gasteiger partial charge in [0.25, 0.3) is 5.91 Å². The van der Waals surface area contributed by atoms with Crippen LogP contribution >= 0.6 is 39.5 Å². The number of fused-ring (bicyclic) bond motifs is 1. The first-order valence-corrected chi connectivity index (χ1v) is 11.6. The van der Waals surface area contributed by atoms with Crippen molar-refractivity contribution in [1.82, 2.24) is 4.90 Å². The Labute approximate surface area is 182 Å². The molecule has 0 atom stereocenters. The summed E-state index contributed by atoms with van der Waals surface area (Å²) < 4.78 is 0.976. The monoisotopic (exact) mass is 473 g/mol. The molecule has 0 bridgehead atoms. The van der Waals surface area contributed by atoms with Crippen LogP contribution < -0.4 is 4.90 Å². The summed E-state index contributed by atoms with van der Waals surface area (Å²) in [6, 6.07) is 16.1. The number of rotatable bonds is 4. The molecule has 144 valence electrons. The Morgan fingerprint density at radius 3 is 2.68 bits per heavy atom. The van der Waals surface area contributed by atoms with E-state index in [1.807, 2.05) is 48.3 Å². The molecule has 4 nitrogen and oxygen atoms in total. The number of aliphatic imine (C=N–C) groups is 1. The van der Waals surface area contributed by atoms with Crippen LogP contribution in [0.25, 0.3) is 0 Å². The molecule has 0 aliphatic carbocycles. The van der Waals surface area contributed by atoms with Crippen LogP contribution in [-0.4, -0.2) is 29.6 Å². The number of carbonyl (C=O) groups is 1. The summed E-state index contributed by atoms with van der Waals surface area (Å²) in [5.74, 6) is 0.0503. The van der Waals surface area contributed by atoms with E-state index in [0.29, 0.717) is 6.54 Å². The van der Waals surface area contributed by atoms with E-state index in [1.54, 1.807) is 11.8 Å². The van der Waals surface area contributed by atoms with Crippen LogP contribution in [0.3, 0.4) is 0 Å². The summed E-state index contributed by atoms with van der Waals surface area (Å²) in [5.41, 5.74) is 1.98. The lowest BCUT2D eigenvalue weighted by atomic mass is 10.3. The first-order chi connectivity index (χ1) is 13.6. The van der Waals surface area contributed by atoms with Gasteiger partial charge in [0.05, 0.1) is 16.4 Å². The Morgan fingerprint density at radius 1 is 1.11 bits per heavy atom. The first-order valence-electron chi connectivity index (χ1n) is 9.17. The van der Waals surface area contributed by atoms with Gasteiger partial charge in [-0.25, -0.2) is 4.99 Å². The molecule has 2 aromatic rings. The zero-order valence-corrected chi connectivity index (χ0v) is 18.9. The van der Waals surface area contributed by atoms with Gasteiger partial charge in [0.15, 0.2) is 5.17 Å². The molecule has 2 heterocycles. The summed E-state index contributed by atoms with van der Waals surface area (Å²) in [6.07, 6.45) is 1.99. The average Bonchev–Trinajstić information content (AvgIpc) is 3.17. The summed E-state index contributed by atoms with van der Waals surface area (Å²) >= 11 is 6.63. The molecule has 0 radical (unpaired) electrons. The number of amidine groups is 1. The van der Waals surface area contributed by atoms with Crippen LogP contribution in [0.15, 0.2) is 72.8 Å². The van der Waals surface area contributed by atoms with Gasteiger partial charge in [-0.1, -0.05) is 59.2 Å².